The summed E-state index contributed by atoms with van der Waals surface area (Å²) in [5, 5.41) is 3.25. The molecule has 0 saturated heterocycles. The van der Waals surface area contributed by atoms with E-state index in [1.54, 1.807) is 20.8 Å². The van der Waals surface area contributed by atoms with E-state index in [4.69, 9.17) is 14.2 Å². The molecule has 0 aliphatic heterocycles. The minimum atomic E-state index is -0.674. The van der Waals surface area contributed by atoms with Crippen LogP contribution in [0.25, 0.3) is 0 Å². The topological polar surface area (TPSA) is 90.9 Å². The molecule has 10 atom stereocenters. The number of esters is 3. The quantitative estimate of drug-likeness (QED) is 0.112. The summed E-state index contributed by atoms with van der Waals surface area (Å²) in [6, 6.07) is -0.674. The summed E-state index contributed by atoms with van der Waals surface area (Å²) in [5.41, 5.74) is 1.12. The second kappa shape index (κ2) is 14.9. The lowest BCUT2D eigenvalue weighted by atomic mass is 9.34. The minimum Gasteiger partial charge on any atom is -0.466 e. The molecule has 0 spiro atoms. The number of nitrogens with one attached hydrogen (secondary N) is 1. The van der Waals surface area contributed by atoms with Gasteiger partial charge in [0.05, 0.1) is 19.6 Å². The first-order valence-corrected chi connectivity index (χ1v) is 19.6. The third-order valence-corrected chi connectivity index (χ3v) is 15.4. The van der Waals surface area contributed by atoms with Crippen LogP contribution in [0.15, 0.2) is 0 Å². The molecule has 7 nitrogen and oxygen atoms in total. The molecular weight excluding hydrogens is 602 g/mol. The summed E-state index contributed by atoms with van der Waals surface area (Å²) < 4.78 is 16.7. The highest BCUT2D eigenvalue weighted by molar-refractivity contribution is 5.82. The largest absolute Gasteiger partial charge is 0.466 e. The van der Waals surface area contributed by atoms with E-state index in [1.165, 1.54) is 38.5 Å². The van der Waals surface area contributed by atoms with Crippen LogP contribution in [0.5, 0.6) is 0 Å². The molecule has 4 saturated carbocycles. The first-order valence-electron chi connectivity index (χ1n) is 19.6. The predicted molar refractivity (Wildman–Crippen MR) is 191 cm³/mol. The zero-order valence-corrected chi connectivity index (χ0v) is 32.6. The Morgan fingerprint density at radius 1 is 0.854 bits per heavy atom. The lowest BCUT2D eigenvalue weighted by Crippen LogP contribution is -2.66. The molecule has 0 heterocycles. The van der Waals surface area contributed by atoms with E-state index in [9.17, 15) is 14.4 Å². The molecular formula is C41H71NO6. The number of hydrogen-bond acceptors (Lipinski definition) is 7. The fourth-order valence-corrected chi connectivity index (χ4v) is 12.3. The fourth-order valence-electron chi connectivity index (χ4n) is 12.3. The Balaban J connectivity index is 1.44. The van der Waals surface area contributed by atoms with E-state index < -0.39 is 12.0 Å². The van der Waals surface area contributed by atoms with E-state index >= 15 is 0 Å². The van der Waals surface area contributed by atoms with Gasteiger partial charge in [-0.3, -0.25) is 14.4 Å². The highest BCUT2D eigenvalue weighted by atomic mass is 16.5. The van der Waals surface area contributed by atoms with Crippen LogP contribution in [0.4, 0.5) is 0 Å². The SMILES string of the molecule is CCOC(=O)CC(NCCCCCC(C)(C)C1CC[C@]2(C)[C@@H]1C(OC(C)=O)CC1[C@@]3(C)CC[C@H](C)C(C)(C)C3CC[C@]12C)C(=O)OCC. The van der Waals surface area contributed by atoms with Crippen molar-refractivity contribution in [2.75, 3.05) is 19.8 Å². The fraction of sp³-hybridized carbons (Fsp3) is 0.927. The second-order valence-corrected chi connectivity index (χ2v) is 18.4. The summed E-state index contributed by atoms with van der Waals surface area (Å²) in [6.07, 6.45) is 12.8. The Labute approximate surface area is 293 Å². The maximum atomic E-state index is 12.7. The molecule has 4 aliphatic rings. The Hall–Kier alpha value is -1.63. The van der Waals surface area contributed by atoms with Crippen molar-refractivity contribution in [3.05, 3.63) is 0 Å². The number of hydrogen-bond donors (Lipinski definition) is 1. The van der Waals surface area contributed by atoms with Gasteiger partial charge in [0.15, 0.2) is 0 Å². The zero-order chi connectivity index (χ0) is 35.7. The van der Waals surface area contributed by atoms with E-state index in [1.807, 2.05) is 0 Å². The molecule has 5 unspecified atom stereocenters. The standard InChI is InChI=1S/C41H71NO6/c1-12-46-34(44)25-30(36(45)47-13-2)42-24-16-14-15-20-37(5,6)29-18-22-41(11)35(29)31(48-28(4)43)26-33-39(9)21-17-27(3)38(7,8)32(39)19-23-40(33,41)10/h27,29-33,35,42H,12-26H2,1-11H3/t27-,29?,30?,31?,32?,33?,35-,39-,40+,41+/m0/s1. The number of fused-ring (bicyclic) bond motifs is 5. The van der Waals surface area contributed by atoms with Gasteiger partial charge in [-0.2, -0.15) is 0 Å². The second-order valence-electron chi connectivity index (χ2n) is 18.4. The molecule has 0 aromatic rings. The van der Waals surface area contributed by atoms with Crippen molar-refractivity contribution in [2.45, 2.75) is 165 Å². The van der Waals surface area contributed by atoms with Crippen LogP contribution < -0.4 is 5.32 Å². The van der Waals surface area contributed by atoms with Crippen LogP contribution in [0, 0.1) is 56.7 Å². The molecule has 0 aromatic heterocycles. The van der Waals surface area contributed by atoms with Gasteiger partial charge in [-0.05, 0) is 129 Å². The van der Waals surface area contributed by atoms with Crippen molar-refractivity contribution in [3.63, 3.8) is 0 Å². The van der Waals surface area contributed by atoms with Gasteiger partial charge < -0.3 is 19.5 Å². The Bertz CT molecular complexity index is 1150. The molecule has 0 aromatic carbocycles. The average molecular weight is 674 g/mol. The smallest absolute Gasteiger partial charge is 0.323 e. The van der Waals surface area contributed by atoms with Crippen LogP contribution in [-0.2, 0) is 28.6 Å². The lowest BCUT2D eigenvalue weighted by Gasteiger charge is -2.71. The summed E-state index contributed by atoms with van der Waals surface area (Å²) in [7, 11) is 0. The van der Waals surface area contributed by atoms with Crippen molar-refractivity contribution in [2.24, 2.45) is 56.7 Å². The maximum Gasteiger partial charge on any atom is 0.323 e. The summed E-state index contributed by atoms with van der Waals surface area (Å²) in [4.78, 5) is 37.2. The molecule has 7 heteroatoms. The normalized spacial score (nSPS) is 37.8. The van der Waals surface area contributed by atoms with Crippen LogP contribution in [0.2, 0.25) is 0 Å². The molecule has 4 aliphatic carbocycles. The summed E-state index contributed by atoms with van der Waals surface area (Å²) >= 11 is 0. The van der Waals surface area contributed by atoms with Gasteiger partial charge in [-0.15, -0.1) is 0 Å². The van der Waals surface area contributed by atoms with Crippen molar-refractivity contribution < 1.29 is 28.6 Å². The van der Waals surface area contributed by atoms with Crippen molar-refractivity contribution >= 4 is 17.9 Å². The van der Waals surface area contributed by atoms with Crippen LogP contribution in [0.3, 0.4) is 0 Å². The van der Waals surface area contributed by atoms with E-state index in [2.05, 4.69) is 60.7 Å². The van der Waals surface area contributed by atoms with Crippen LogP contribution in [-0.4, -0.2) is 49.8 Å². The Kier molecular flexibility index (Phi) is 12.2. The molecule has 0 bridgehead atoms. The first kappa shape index (κ1) is 39.2. The molecule has 1 N–H and O–H groups in total. The molecule has 4 fully saturated rings. The molecule has 0 amide bonds. The molecule has 48 heavy (non-hydrogen) atoms. The van der Waals surface area contributed by atoms with E-state index in [0.717, 1.165) is 38.0 Å². The molecule has 4 rings (SSSR count). The van der Waals surface area contributed by atoms with Crippen molar-refractivity contribution in [1.82, 2.24) is 5.32 Å². The van der Waals surface area contributed by atoms with Gasteiger partial charge in [0.2, 0.25) is 0 Å². The monoisotopic (exact) mass is 674 g/mol. The Morgan fingerprint density at radius 3 is 2.17 bits per heavy atom. The number of ether oxygens (including phenoxy) is 3. The Morgan fingerprint density at radius 2 is 1.52 bits per heavy atom. The molecule has 276 valence electrons. The van der Waals surface area contributed by atoms with Crippen LogP contribution in [0.1, 0.15) is 153 Å². The van der Waals surface area contributed by atoms with Gasteiger partial charge in [-0.1, -0.05) is 68.2 Å². The highest BCUT2D eigenvalue weighted by Crippen LogP contribution is 2.76. The van der Waals surface area contributed by atoms with Gasteiger partial charge in [-0.25, -0.2) is 0 Å². The van der Waals surface area contributed by atoms with Crippen molar-refractivity contribution in [1.29, 1.82) is 0 Å². The minimum absolute atomic E-state index is 0.0124. The molecule has 0 radical (unpaired) electrons. The number of unbranched alkanes of at least 4 members (excludes halogenated alkanes) is 2. The third-order valence-electron chi connectivity index (χ3n) is 15.4. The highest BCUT2D eigenvalue weighted by Gasteiger charge is 2.71. The summed E-state index contributed by atoms with van der Waals surface area (Å²) in [5.74, 6) is 2.00. The lowest BCUT2D eigenvalue weighted by molar-refractivity contribution is -0.242. The first-order chi connectivity index (χ1) is 22.4. The zero-order valence-electron chi connectivity index (χ0n) is 32.6. The summed E-state index contributed by atoms with van der Waals surface area (Å²) in [6.45, 7) is 26.7. The van der Waals surface area contributed by atoms with Gasteiger partial charge in [0, 0.05) is 12.8 Å². The van der Waals surface area contributed by atoms with E-state index in [0.29, 0.717) is 42.2 Å². The number of carbonyl (C=O) groups excluding carboxylic acids is 3. The maximum absolute atomic E-state index is 12.7. The van der Waals surface area contributed by atoms with E-state index in [-0.39, 0.29) is 52.7 Å². The average Bonchev–Trinajstić information content (AvgIpc) is 3.38. The van der Waals surface area contributed by atoms with Gasteiger partial charge >= 0.3 is 17.9 Å². The van der Waals surface area contributed by atoms with Crippen molar-refractivity contribution in [3.8, 4) is 0 Å². The number of rotatable bonds is 14. The van der Waals surface area contributed by atoms with Crippen LogP contribution >= 0.6 is 0 Å². The third kappa shape index (κ3) is 7.24. The van der Waals surface area contributed by atoms with Gasteiger partial charge in [0.25, 0.3) is 0 Å². The van der Waals surface area contributed by atoms with Gasteiger partial charge in [0.1, 0.15) is 12.1 Å². The predicted octanol–water partition coefficient (Wildman–Crippen LogP) is 8.91. The number of carbonyl (C=O) groups is 3.